The molecule has 0 saturated carbocycles. The molecule has 1 aliphatic rings. The first kappa shape index (κ1) is 25.6. The van der Waals surface area contributed by atoms with Gasteiger partial charge in [0, 0.05) is 37.8 Å². The van der Waals surface area contributed by atoms with Crippen LogP contribution in [-0.2, 0) is 6.54 Å². The SMILES string of the molecule is CC.CF.FC(F)c1ccccc1-c1ccc(CN2CCNC(c3ccccc3)C2)cc1. The lowest BCUT2D eigenvalue weighted by Gasteiger charge is -2.34. The molecule has 1 N–H and O–H groups in total. The monoisotopic (exact) mass is 442 g/mol. The zero-order valence-corrected chi connectivity index (χ0v) is 19.1. The molecule has 3 aromatic carbocycles. The third kappa shape index (κ3) is 6.94. The van der Waals surface area contributed by atoms with Crippen LogP contribution in [0.1, 0.15) is 43.0 Å². The van der Waals surface area contributed by atoms with Crippen LogP contribution in [0, 0.1) is 0 Å². The first-order valence-electron chi connectivity index (χ1n) is 11.1. The summed E-state index contributed by atoms with van der Waals surface area (Å²) in [5.41, 5.74) is 4.04. The summed E-state index contributed by atoms with van der Waals surface area (Å²) in [6.45, 7) is 7.78. The van der Waals surface area contributed by atoms with Gasteiger partial charge in [-0.15, -0.1) is 0 Å². The molecule has 0 aliphatic carbocycles. The van der Waals surface area contributed by atoms with E-state index in [4.69, 9.17) is 0 Å². The molecule has 0 aromatic heterocycles. The highest BCUT2D eigenvalue weighted by molar-refractivity contribution is 5.67. The van der Waals surface area contributed by atoms with Crippen molar-refractivity contribution < 1.29 is 13.2 Å². The summed E-state index contributed by atoms with van der Waals surface area (Å²) in [6, 6.07) is 25.6. The summed E-state index contributed by atoms with van der Waals surface area (Å²) >= 11 is 0. The van der Waals surface area contributed by atoms with Gasteiger partial charge in [0.05, 0.1) is 7.18 Å². The van der Waals surface area contributed by atoms with Crippen LogP contribution < -0.4 is 5.32 Å². The predicted molar refractivity (Wildman–Crippen MR) is 128 cm³/mol. The van der Waals surface area contributed by atoms with E-state index in [-0.39, 0.29) is 5.56 Å². The van der Waals surface area contributed by atoms with Gasteiger partial charge in [0.2, 0.25) is 0 Å². The van der Waals surface area contributed by atoms with Crippen molar-refractivity contribution in [1.82, 2.24) is 10.2 Å². The molecule has 1 atom stereocenters. The smallest absolute Gasteiger partial charge is 0.264 e. The lowest BCUT2D eigenvalue weighted by molar-refractivity contribution is 0.152. The van der Waals surface area contributed by atoms with Gasteiger partial charge in [-0.2, -0.15) is 0 Å². The van der Waals surface area contributed by atoms with Crippen molar-refractivity contribution in [2.24, 2.45) is 0 Å². The minimum absolute atomic E-state index is 0.0862. The highest BCUT2D eigenvalue weighted by Crippen LogP contribution is 2.31. The Morgan fingerprint density at radius 2 is 1.50 bits per heavy atom. The molecule has 0 bridgehead atoms. The Morgan fingerprint density at radius 1 is 0.875 bits per heavy atom. The summed E-state index contributed by atoms with van der Waals surface area (Å²) in [6.07, 6.45) is -2.47. The van der Waals surface area contributed by atoms with Crippen LogP contribution in [0.4, 0.5) is 13.2 Å². The average Bonchev–Trinajstić information content (AvgIpc) is 2.88. The van der Waals surface area contributed by atoms with Crippen LogP contribution in [0.5, 0.6) is 0 Å². The number of rotatable bonds is 5. The van der Waals surface area contributed by atoms with Crippen LogP contribution in [0.3, 0.4) is 0 Å². The number of alkyl halides is 3. The van der Waals surface area contributed by atoms with Crippen LogP contribution in [0.25, 0.3) is 11.1 Å². The molecule has 1 unspecified atom stereocenters. The Bertz CT molecular complexity index is 898. The van der Waals surface area contributed by atoms with E-state index in [0.29, 0.717) is 18.8 Å². The standard InChI is InChI=1S/C24H24F2N2.C2H6.CH3F/c25-24(26)22-9-5-4-8-21(22)19-12-10-18(11-13-19)16-28-15-14-27-23(17-28)20-6-2-1-3-7-20;2*1-2/h1-13,23-24,27H,14-17H2;1-2H3;1H3. The topological polar surface area (TPSA) is 15.3 Å². The highest BCUT2D eigenvalue weighted by Gasteiger charge is 2.20. The molecule has 1 aliphatic heterocycles. The summed E-state index contributed by atoms with van der Waals surface area (Å²) in [5, 5.41) is 3.59. The number of hydrogen-bond donors (Lipinski definition) is 1. The first-order chi connectivity index (χ1) is 15.7. The summed E-state index contributed by atoms with van der Waals surface area (Å²) in [5.74, 6) is 0. The van der Waals surface area contributed by atoms with Gasteiger partial charge in [-0.05, 0) is 22.3 Å². The van der Waals surface area contributed by atoms with Crippen molar-refractivity contribution in [3.8, 4) is 11.1 Å². The van der Waals surface area contributed by atoms with Gasteiger partial charge in [0.1, 0.15) is 0 Å². The van der Waals surface area contributed by atoms with Crippen LogP contribution in [-0.4, -0.2) is 31.7 Å². The fourth-order valence-corrected chi connectivity index (χ4v) is 3.86. The van der Waals surface area contributed by atoms with E-state index in [1.54, 1.807) is 18.2 Å². The predicted octanol–water partition coefficient (Wildman–Crippen LogP) is 7.05. The first-order valence-corrected chi connectivity index (χ1v) is 11.1. The van der Waals surface area contributed by atoms with Crippen LogP contribution in [0.15, 0.2) is 78.9 Å². The van der Waals surface area contributed by atoms with E-state index < -0.39 is 6.43 Å². The van der Waals surface area contributed by atoms with Gasteiger partial charge in [-0.1, -0.05) is 92.7 Å². The number of nitrogens with one attached hydrogen (secondary N) is 1. The van der Waals surface area contributed by atoms with Crippen molar-refractivity contribution >= 4 is 0 Å². The Kier molecular flexibility index (Phi) is 11.0. The quantitative estimate of drug-likeness (QED) is 0.455. The molecule has 3 aromatic rings. The van der Waals surface area contributed by atoms with Crippen LogP contribution >= 0.6 is 0 Å². The lowest BCUT2D eigenvalue weighted by atomic mass is 9.98. The lowest BCUT2D eigenvalue weighted by Crippen LogP contribution is -2.45. The van der Waals surface area contributed by atoms with Gasteiger partial charge in [-0.3, -0.25) is 9.29 Å². The number of halogens is 3. The molecule has 4 rings (SSSR count). The third-order valence-corrected chi connectivity index (χ3v) is 5.33. The van der Waals surface area contributed by atoms with E-state index >= 15 is 0 Å². The third-order valence-electron chi connectivity index (χ3n) is 5.33. The Labute approximate surface area is 190 Å². The number of hydrogen-bond acceptors (Lipinski definition) is 2. The molecule has 2 nitrogen and oxygen atoms in total. The fraction of sp³-hybridized carbons (Fsp3) is 0.333. The molecule has 0 radical (unpaired) electrons. The van der Waals surface area contributed by atoms with Crippen molar-refractivity contribution in [2.75, 3.05) is 26.8 Å². The zero-order valence-electron chi connectivity index (χ0n) is 19.1. The van der Waals surface area contributed by atoms with Gasteiger partial charge in [0.15, 0.2) is 0 Å². The molecule has 1 saturated heterocycles. The largest absolute Gasteiger partial charge is 0.308 e. The average molecular weight is 443 g/mol. The van der Waals surface area contributed by atoms with Gasteiger partial charge >= 0.3 is 0 Å². The van der Waals surface area contributed by atoms with Crippen molar-refractivity contribution in [3.63, 3.8) is 0 Å². The molecular weight excluding hydrogens is 409 g/mol. The molecule has 1 fully saturated rings. The Morgan fingerprint density at radius 3 is 2.16 bits per heavy atom. The van der Waals surface area contributed by atoms with Crippen molar-refractivity contribution in [3.05, 3.63) is 95.6 Å². The Hall–Kier alpha value is -2.63. The minimum atomic E-state index is -2.47. The second-order valence-electron chi connectivity index (χ2n) is 7.24. The molecule has 0 amide bonds. The number of benzene rings is 3. The highest BCUT2D eigenvalue weighted by atomic mass is 19.3. The maximum atomic E-state index is 13.3. The summed E-state index contributed by atoms with van der Waals surface area (Å²) in [7, 11) is 0.500. The van der Waals surface area contributed by atoms with E-state index in [1.165, 1.54) is 17.2 Å². The summed E-state index contributed by atoms with van der Waals surface area (Å²) in [4.78, 5) is 2.44. The van der Waals surface area contributed by atoms with Crippen molar-refractivity contribution in [1.29, 1.82) is 0 Å². The van der Waals surface area contributed by atoms with Gasteiger partial charge < -0.3 is 5.32 Å². The number of piperazine rings is 1. The molecular formula is C27H33F3N2. The Balaban J connectivity index is 0.000000860. The van der Waals surface area contributed by atoms with E-state index in [2.05, 4.69) is 46.6 Å². The normalized spacial score (nSPS) is 15.9. The van der Waals surface area contributed by atoms with Gasteiger partial charge in [0.25, 0.3) is 6.43 Å². The number of nitrogens with zero attached hydrogens (tertiary/aromatic N) is 1. The van der Waals surface area contributed by atoms with E-state index in [9.17, 15) is 13.2 Å². The van der Waals surface area contributed by atoms with Gasteiger partial charge in [-0.25, -0.2) is 8.78 Å². The zero-order chi connectivity index (χ0) is 23.3. The maximum Gasteiger partial charge on any atom is 0.264 e. The molecule has 32 heavy (non-hydrogen) atoms. The minimum Gasteiger partial charge on any atom is -0.308 e. The molecule has 1 heterocycles. The molecule has 172 valence electrons. The maximum absolute atomic E-state index is 13.3. The summed E-state index contributed by atoms with van der Waals surface area (Å²) < 4.78 is 36.0. The fourth-order valence-electron chi connectivity index (χ4n) is 3.86. The van der Waals surface area contributed by atoms with E-state index in [1.807, 2.05) is 32.0 Å². The van der Waals surface area contributed by atoms with Crippen molar-refractivity contribution in [2.45, 2.75) is 32.9 Å². The second kappa shape index (κ2) is 13.7. The van der Waals surface area contributed by atoms with Crippen LogP contribution in [0.2, 0.25) is 0 Å². The second-order valence-corrected chi connectivity index (χ2v) is 7.24. The molecule has 5 heteroatoms. The van der Waals surface area contributed by atoms with E-state index in [0.717, 1.165) is 31.7 Å². The molecule has 0 spiro atoms.